The Balaban J connectivity index is 1.77. The van der Waals surface area contributed by atoms with Crippen LogP contribution in [0.15, 0.2) is 47.1 Å². The Hall–Kier alpha value is -3.48. The fourth-order valence-electron chi connectivity index (χ4n) is 2.95. The number of nitrogens with zero attached hydrogens (tertiary/aromatic N) is 1. The van der Waals surface area contributed by atoms with Crippen LogP contribution < -0.4 is 18.9 Å². The lowest BCUT2D eigenvalue weighted by Crippen LogP contribution is -2.05. The van der Waals surface area contributed by atoms with Crippen LogP contribution in [-0.2, 0) is 16.0 Å². The zero-order chi connectivity index (χ0) is 20.8. The lowest BCUT2D eigenvalue weighted by molar-refractivity contribution is -0.130. The molecule has 1 heterocycles. The van der Waals surface area contributed by atoms with Crippen molar-refractivity contribution in [2.75, 3.05) is 28.4 Å². The zero-order valence-electron chi connectivity index (χ0n) is 16.9. The number of benzene rings is 2. The second-order valence-electron chi connectivity index (χ2n) is 6.23. The number of aliphatic imine (C=N–C) groups is 1. The van der Waals surface area contributed by atoms with Crippen LogP contribution in [0.4, 0.5) is 0 Å². The standard InChI is InChI=1S/C22H23NO6/c1-25-16-8-5-14(6-9-16)7-10-20-23-17(22(24)29-20)11-15-12-18(26-2)21(28-4)19(13-15)27-3/h5-6,8-9,11-13H,7,10H2,1-4H3/b17-11+. The second kappa shape index (κ2) is 9.14. The molecule has 7 heteroatoms. The van der Waals surface area contributed by atoms with E-state index in [0.29, 0.717) is 41.6 Å². The van der Waals surface area contributed by atoms with Gasteiger partial charge in [-0.2, -0.15) is 0 Å². The van der Waals surface area contributed by atoms with E-state index in [2.05, 4.69) is 4.99 Å². The molecule has 0 atom stereocenters. The van der Waals surface area contributed by atoms with Crippen molar-refractivity contribution >= 4 is 17.9 Å². The number of hydrogen-bond acceptors (Lipinski definition) is 7. The first-order valence-electron chi connectivity index (χ1n) is 9.02. The Labute approximate surface area is 169 Å². The molecule has 0 spiro atoms. The molecule has 0 saturated carbocycles. The van der Waals surface area contributed by atoms with E-state index in [4.69, 9.17) is 23.7 Å². The number of cyclic esters (lactones) is 1. The summed E-state index contributed by atoms with van der Waals surface area (Å²) in [6.45, 7) is 0. The van der Waals surface area contributed by atoms with Crippen LogP contribution >= 0.6 is 0 Å². The molecule has 3 rings (SSSR count). The van der Waals surface area contributed by atoms with Gasteiger partial charge < -0.3 is 23.7 Å². The first-order valence-corrected chi connectivity index (χ1v) is 9.02. The highest BCUT2D eigenvalue weighted by atomic mass is 16.6. The maximum absolute atomic E-state index is 12.2. The molecular formula is C22H23NO6. The van der Waals surface area contributed by atoms with Gasteiger partial charge in [0.1, 0.15) is 5.75 Å². The van der Waals surface area contributed by atoms with Crippen molar-refractivity contribution in [2.24, 2.45) is 4.99 Å². The number of rotatable bonds is 8. The molecule has 1 aliphatic heterocycles. The number of hydrogen-bond donors (Lipinski definition) is 0. The van der Waals surface area contributed by atoms with Crippen LogP contribution in [-0.4, -0.2) is 40.3 Å². The molecule has 0 N–H and O–H groups in total. The van der Waals surface area contributed by atoms with Crippen LogP contribution in [0.25, 0.3) is 6.08 Å². The molecule has 0 saturated heterocycles. The highest BCUT2D eigenvalue weighted by Crippen LogP contribution is 2.39. The average molecular weight is 397 g/mol. The normalized spacial score (nSPS) is 14.4. The topological polar surface area (TPSA) is 75.6 Å². The first-order chi connectivity index (χ1) is 14.1. The smallest absolute Gasteiger partial charge is 0.363 e. The molecular weight excluding hydrogens is 374 g/mol. The van der Waals surface area contributed by atoms with Gasteiger partial charge in [-0.1, -0.05) is 12.1 Å². The quantitative estimate of drug-likeness (QED) is 0.500. The SMILES string of the molecule is COc1ccc(CCC2=N/C(=C/c3cc(OC)c(OC)c(OC)c3)C(=O)O2)cc1. The second-order valence-corrected chi connectivity index (χ2v) is 6.23. The van der Waals surface area contributed by atoms with Crippen molar-refractivity contribution in [3.63, 3.8) is 0 Å². The van der Waals surface area contributed by atoms with E-state index in [-0.39, 0.29) is 5.70 Å². The molecule has 7 nitrogen and oxygen atoms in total. The van der Waals surface area contributed by atoms with Crippen molar-refractivity contribution in [3.05, 3.63) is 53.2 Å². The van der Waals surface area contributed by atoms with Crippen LogP contribution in [0.5, 0.6) is 23.0 Å². The monoisotopic (exact) mass is 397 g/mol. The van der Waals surface area contributed by atoms with E-state index in [0.717, 1.165) is 11.3 Å². The van der Waals surface area contributed by atoms with Gasteiger partial charge in [-0.05, 0) is 47.9 Å². The van der Waals surface area contributed by atoms with Crippen molar-refractivity contribution < 1.29 is 28.5 Å². The fraction of sp³-hybridized carbons (Fsp3) is 0.273. The summed E-state index contributed by atoms with van der Waals surface area (Å²) in [5.41, 5.74) is 2.02. The third-order valence-corrected chi connectivity index (χ3v) is 4.44. The molecule has 29 heavy (non-hydrogen) atoms. The third kappa shape index (κ3) is 4.68. The lowest BCUT2D eigenvalue weighted by Gasteiger charge is -2.12. The number of aryl methyl sites for hydroxylation is 1. The van der Waals surface area contributed by atoms with Gasteiger partial charge in [0.2, 0.25) is 5.75 Å². The minimum Gasteiger partial charge on any atom is -0.497 e. The maximum atomic E-state index is 12.2. The highest BCUT2D eigenvalue weighted by molar-refractivity contribution is 6.07. The number of carbonyl (C=O) groups is 1. The van der Waals surface area contributed by atoms with E-state index < -0.39 is 5.97 Å². The number of ether oxygens (including phenoxy) is 5. The Morgan fingerprint density at radius 3 is 2.10 bits per heavy atom. The third-order valence-electron chi connectivity index (χ3n) is 4.44. The van der Waals surface area contributed by atoms with Crippen LogP contribution in [0, 0.1) is 0 Å². The molecule has 0 bridgehead atoms. The fourth-order valence-corrected chi connectivity index (χ4v) is 2.95. The highest BCUT2D eigenvalue weighted by Gasteiger charge is 2.23. The molecule has 0 unspecified atom stereocenters. The van der Waals surface area contributed by atoms with Crippen molar-refractivity contribution in [2.45, 2.75) is 12.8 Å². The van der Waals surface area contributed by atoms with Gasteiger partial charge in [-0.3, -0.25) is 0 Å². The summed E-state index contributed by atoms with van der Waals surface area (Å²) in [6.07, 6.45) is 2.85. The largest absolute Gasteiger partial charge is 0.497 e. The predicted molar refractivity (Wildman–Crippen MR) is 109 cm³/mol. The molecule has 152 valence electrons. The van der Waals surface area contributed by atoms with E-state index in [1.165, 1.54) is 21.3 Å². The summed E-state index contributed by atoms with van der Waals surface area (Å²) in [5, 5.41) is 0. The number of carbonyl (C=O) groups excluding carboxylic acids is 1. The van der Waals surface area contributed by atoms with Crippen molar-refractivity contribution in [1.29, 1.82) is 0 Å². The van der Waals surface area contributed by atoms with Crippen molar-refractivity contribution in [3.8, 4) is 23.0 Å². The van der Waals surface area contributed by atoms with Gasteiger partial charge in [0.05, 0.1) is 28.4 Å². The van der Waals surface area contributed by atoms with E-state index in [1.54, 1.807) is 25.3 Å². The maximum Gasteiger partial charge on any atom is 0.363 e. The summed E-state index contributed by atoms with van der Waals surface area (Å²) >= 11 is 0. The van der Waals surface area contributed by atoms with Gasteiger partial charge >= 0.3 is 5.97 Å². The van der Waals surface area contributed by atoms with Crippen LogP contribution in [0.3, 0.4) is 0 Å². The molecule has 0 radical (unpaired) electrons. The van der Waals surface area contributed by atoms with E-state index in [1.807, 2.05) is 24.3 Å². The molecule has 1 aliphatic rings. The van der Waals surface area contributed by atoms with Gasteiger partial charge in [0, 0.05) is 6.42 Å². The summed E-state index contributed by atoms with van der Waals surface area (Å²) in [6, 6.07) is 11.2. The average Bonchev–Trinajstić information content (AvgIpc) is 3.10. The Kier molecular flexibility index (Phi) is 6.39. The Morgan fingerprint density at radius 2 is 1.55 bits per heavy atom. The molecule has 0 aromatic heterocycles. The minimum atomic E-state index is -0.483. The van der Waals surface area contributed by atoms with Crippen molar-refractivity contribution in [1.82, 2.24) is 0 Å². The molecule has 2 aromatic carbocycles. The minimum absolute atomic E-state index is 0.226. The predicted octanol–water partition coefficient (Wildman–Crippen LogP) is 3.65. The van der Waals surface area contributed by atoms with E-state index in [9.17, 15) is 4.79 Å². The molecule has 0 fully saturated rings. The Bertz CT molecular complexity index is 921. The van der Waals surface area contributed by atoms with Crippen LogP contribution in [0.1, 0.15) is 17.5 Å². The Morgan fingerprint density at radius 1 is 0.897 bits per heavy atom. The summed E-state index contributed by atoms with van der Waals surface area (Å²) in [5.74, 6) is 2.18. The van der Waals surface area contributed by atoms with Gasteiger partial charge in [-0.15, -0.1) is 0 Å². The first kappa shape index (κ1) is 20.3. The van der Waals surface area contributed by atoms with Gasteiger partial charge in [0.25, 0.3) is 0 Å². The number of methoxy groups -OCH3 is 4. The summed E-state index contributed by atoms with van der Waals surface area (Å²) in [7, 11) is 6.23. The molecule has 0 amide bonds. The van der Waals surface area contributed by atoms with E-state index >= 15 is 0 Å². The summed E-state index contributed by atoms with van der Waals surface area (Å²) in [4.78, 5) is 16.5. The lowest BCUT2D eigenvalue weighted by atomic mass is 10.1. The van der Waals surface area contributed by atoms with Gasteiger partial charge in [-0.25, -0.2) is 9.79 Å². The van der Waals surface area contributed by atoms with Gasteiger partial charge in [0.15, 0.2) is 23.1 Å². The summed E-state index contributed by atoms with van der Waals surface area (Å²) < 4.78 is 26.4. The van der Waals surface area contributed by atoms with Crippen LogP contribution in [0.2, 0.25) is 0 Å². The molecule has 2 aromatic rings. The number of esters is 1. The zero-order valence-corrected chi connectivity index (χ0v) is 16.9. The molecule has 0 aliphatic carbocycles.